The molecule has 0 spiro atoms. The largest absolute Gasteiger partial charge is 0.394 e. The predicted octanol–water partition coefficient (Wildman–Crippen LogP) is 0.446. The molecule has 3 atom stereocenters. The highest BCUT2D eigenvalue weighted by Crippen LogP contribution is 2.39. The standard InChI is InChI=1S/C17H19N5O3/c18-15-14-16(20-9-19-15)22(10-21-14)17(6-11-4-2-1-3-5-11)7-12(24)13(8-23)25-17/h1-5,9-10,12-13,23-24H,6-8H2,(H2,18,19,20)/t12-,13+,17+/m0/s1. The maximum atomic E-state index is 10.4. The van der Waals surface area contributed by atoms with E-state index in [1.165, 1.54) is 6.33 Å². The number of nitrogen functional groups attached to an aromatic ring is 1. The Morgan fingerprint density at radius 1 is 1.24 bits per heavy atom. The number of fused-ring (bicyclic) bond motifs is 1. The number of hydrogen-bond donors (Lipinski definition) is 3. The lowest BCUT2D eigenvalue weighted by Gasteiger charge is -2.31. The van der Waals surface area contributed by atoms with Gasteiger partial charge in [0.1, 0.15) is 17.9 Å². The fourth-order valence-electron chi connectivity index (χ4n) is 3.45. The Morgan fingerprint density at radius 2 is 2.04 bits per heavy atom. The summed E-state index contributed by atoms with van der Waals surface area (Å²) in [6, 6.07) is 9.82. The summed E-state index contributed by atoms with van der Waals surface area (Å²) in [5.41, 5.74) is 7.04. The van der Waals surface area contributed by atoms with Gasteiger partial charge in [0.05, 0.1) is 19.0 Å². The molecule has 0 unspecified atom stereocenters. The van der Waals surface area contributed by atoms with Gasteiger partial charge in [-0.3, -0.25) is 4.57 Å². The minimum Gasteiger partial charge on any atom is -0.394 e. The number of rotatable bonds is 4. The average Bonchev–Trinajstić information content (AvgIpc) is 3.19. The molecule has 4 N–H and O–H groups in total. The predicted molar refractivity (Wildman–Crippen MR) is 90.4 cm³/mol. The van der Waals surface area contributed by atoms with Gasteiger partial charge >= 0.3 is 0 Å². The molecule has 130 valence electrons. The van der Waals surface area contributed by atoms with Gasteiger partial charge in [0.15, 0.2) is 17.2 Å². The molecule has 1 saturated heterocycles. The quantitative estimate of drug-likeness (QED) is 0.630. The number of aliphatic hydroxyl groups is 2. The molecule has 1 aliphatic rings. The van der Waals surface area contributed by atoms with Crippen LogP contribution in [-0.4, -0.2) is 48.5 Å². The zero-order chi connectivity index (χ0) is 17.4. The molecule has 1 aromatic carbocycles. The zero-order valence-electron chi connectivity index (χ0n) is 13.5. The molecule has 1 aliphatic heterocycles. The normalized spacial score (nSPS) is 26.3. The van der Waals surface area contributed by atoms with Crippen LogP contribution in [0.3, 0.4) is 0 Å². The lowest BCUT2D eigenvalue weighted by Crippen LogP contribution is -2.36. The van der Waals surface area contributed by atoms with Crippen molar-refractivity contribution < 1.29 is 14.9 Å². The van der Waals surface area contributed by atoms with E-state index in [1.54, 1.807) is 10.9 Å². The first-order valence-electron chi connectivity index (χ1n) is 8.07. The van der Waals surface area contributed by atoms with E-state index in [9.17, 15) is 10.2 Å². The maximum absolute atomic E-state index is 10.4. The monoisotopic (exact) mass is 341 g/mol. The molecule has 0 radical (unpaired) electrons. The summed E-state index contributed by atoms with van der Waals surface area (Å²) in [5, 5.41) is 19.9. The Morgan fingerprint density at radius 3 is 2.76 bits per heavy atom. The van der Waals surface area contributed by atoms with E-state index >= 15 is 0 Å². The van der Waals surface area contributed by atoms with Crippen LogP contribution >= 0.6 is 0 Å². The molecule has 0 aliphatic carbocycles. The average molecular weight is 341 g/mol. The van der Waals surface area contributed by atoms with Crippen LogP contribution in [0.1, 0.15) is 12.0 Å². The van der Waals surface area contributed by atoms with Crippen LogP contribution in [0.15, 0.2) is 43.0 Å². The van der Waals surface area contributed by atoms with Crippen LogP contribution in [0, 0.1) is 0 Å². The summed E-state index contributed by atoms with van der Waals surface area (Å²) in [5.74, 6) is 0.288. The van der Waals surface area contributed by atoms with Gasteiger partial charge < -0.3 is 20.7 Å². The minimum absolute atomic E-state index is 0.262. The van der Waals surface area contributed by atoms with Gasteiger partial charge in [0.25, 0.3) is 0 Å². The van der Waals surface area contributed by atoms with Crippen molar-refractivity contribution in [2.45, 2.75) is 30.8 Å². The third kappa shape index (κ3) is 2.64. The number of nitrogens with zero attached hydrogens (tertiary/aromatic N) is 4. The summed E-state index contributed by atoms with van der Waals surface area (Å²) in [6.45, 7) is -0.262. The smallest absolute Gasteiger partial charge is 0.167 e. The van der Waals surface area contributed by atoms with Crippen molar-refractivity contribution in [3.8, 4) is 0 Å². The van der Waals surface area contributed by atoms with E-state index in [0.717, 1.165) is 5.56 Å². The Labute approximate surface area is 143 Å². The van der Waals surface area contributed by atoms with Crippen molar-refractivity contribution >= 4 is 17.0 Å². The van der Waals surface area contributed by atoms with Crippen LogP contribution in [0.25, 0.3) is 11.2 Å². The summed E-state index contributed by atoms with van der Waals surface area (Å²) in [6.07, 6.45) is 2.33. The van der Waals surface area contributed by atoms with Gasteiger partial charge in [-0.15, -0.1) is 0 Å². The van der Waals surface area contributed by atoms with Crippen molar-refractivity contribution in [3.05, 3.63) is 48.5 Å². The molecule has 8 nitrogen and oxygen atoms in total. The highest BCUT2D eigenvalue weighted by molar-refractivity contribution is 5.81. The Bertz CT molecular complexity index is 884. The van der Waals surface area contributed by atoms with Crippen molar-refractivity contribution in [3.63, 3.8) is 0 Å². The Kier molecular flexibility index (Phi) is 3.87. The second-order valence-electron chi connectivity index (χ2n) is 6.26. The molecule has 8 heteroatoms. The SMILES string of the molecule is Nc1ncnc2c1ncn2[C@@]1(Cc2ccccc2)C[C@H](O)[C@@H](CO)O1. The summed E-state index contributed by atoms with van der Waals surface area (Å²) in [7, 11) is 0. The van der Waals surface area contributed by atoms with Gasteiger partial charge in [-0.05, 0) is 5.56 Å². The van der Waals surface area contributed by atoms with Crippen LogP contribution in [0.4, 0.5) is 5.82 Å². The Hall–Kier alpha value is -2.55. The fourth-order valence-corrected chi connectivity index (χ4v) is 3.45. The van der Waals surface area contributed by atoms with E-state index in [0.29, 0.717) is 24.0 Å². The number of ether oxygens (including phenoxy) is 1. The minimum atomic E-state index is -0.913. The summed E-state index contributed by atoms with van der Waals surface area (Å²) >= 11 is 0. The van der Waals surface area contributed by atoms with Gasteiger partial charge in [-0.25, -0.2) is 15.0 Å². The first-order valence-corrected chi connectivity index (χ1v) is 8.07. The number of anilines is 1. The number of hydrogen-bond acceptors (Lipinski definition) is 7. The van der Waals surface area contributed by atoms with Crippen molar-refractivity contribution in [1.29, 1.82) is 0 Å². The lowest BCUT2D eigenvalue weighted by atomic mass is 9.97. The molecule has 0 saturated carbocycles. The third-order valence-corrected chi connectivity index (χ3v) is 4.63. The Balaban J connectivity index is 1.84. The zero-order valence-corrected chi connectivity index (χ0v) is 13.5. The number of aliphatic hydroxyl groups excluding tert-OH is 2. The molecular weight excluding hydrogens is 322 g/mol. The molecule has 2 aromatic heterocycles. The number of imidazole rings is 1. The molecule has 0 amide bonds. The number of nitrogens with two attached hydrogens (primary N) is 1. The number of aromatic nitrogens is 4. The van der Waals surface area contributed by atoms with Gasteiger partial charge in [-0.2, -0.15) is 0 Å². The molecule has 25 heavy (non-hydrogen) atoms. The third-order valence-electron chi connectivity index (χ3n) is 4.63. The molecular formula is C17H19N5O3. The van der Waals surface area contributed by atoms with E-state index in [2.05, 4.69) is 15.0 Å². The highest BCUT2D eigenvalue weighted by atomic mass is 16.6. The van der Waals surface area contributed by atoms with Crippen molar-refractivity contribution in [2.75, 3.05) is 12.3 Å². The molecule has 4 rings (SSSR count). The van der Waals surface area contributed by atoms with Crippen LogP contribution < -0.4 is 5.73 Å². The van der Waals surface area contributed by atoms with Crippen LogP contribution in [-0.2, 0) is 16.9 Å². The first kappa shape index (κ1) is 15.9. The molecule has 1 fully saturated rings. The second kappa shape index (κ2) is 6.07. The molecule has 3 heterocycles. The van der Waals surface area contributed by atoms with Crippen molar-refractivity contribution in [1.82, 2.24) is 19.5 Å². The van der Waals surface area contributed by atoms with Crippen molar-refractivity contribution in [2.24, 2.45) is 0 Å². The van der Waals surface area contributed by atoms with Crippen LogP contribution in [0.5, 0.6) is 0 Å². The van der Waals surface area contributed by atoms with Gasteiger partial charge in [-0.1, -0.05) is 30.3 Å². The fraction of sp³-hybridized carbons (Fsp3) is 0.353. The summed E-state index contributed by atoms with van der Waals surface area (Å²) < 4.78 is 7.91. The lowest BCUT2D eigenvalue weighted by molar-refractivity contribution is -0.114. The van der Waals surface area contributed by atoms with E-state index < -0.39 is 17.9 Å². The first-order chi connectivity index (χ1) is 12.1. The topological polar surface area (TPSA) is 119 Å². The highest BCUT2D eigenvalue weighted by Gasteiger charge is 2.48. The van der Waals surface area contributed by atoms with E-state index in [-0.39, 0.29) is 12.4 Å². The van der Waals surface area contributed by atoms with Crippen LogP contribution in [0.2, 0.25) is 0 Å². The molecule has 0 bridgehead atoms. The van der Waals surface area contributed by atoms with Gasteiger partial charge in [0, 0.05) is 12.8 Å². The maximum Gasteiger partial charge on any atom is 0.167 e. The van der Waals surface area contributed by atoms with E-state index in [4.69, 9.17) is 10.5 Å². The van der Waals surface area contributed by atoms with E-state index in [1.807, 2.05) is 30.3 Å². The number of benzene rings is 1. The molecule has 3 aromatic rings. The second-order valence-corrected chi connectivity index (χ2v) is 6.26. The summed E-state index contributed by atoms with van der Waals surface area (Å²) in [4.78, 5) is 12.6. The van der Waals surface area contributed by atoms with Gasteiger partial charge in [0.2, 0.25) is 0 Å².